The van der Waals surface area contributed by atoms with E-state index in [-0.39, 0.29) is 5.91 Å². The highest BCUT2D eigenvalue weighted by atomic mass is 16.5. The van der Waals surface area contributed by atoms with E-state index >= 15 is 0 Å². The fraction of sp³-hybridized carbons (Fsp3) is 0.600. The fourth-order valence-electron chi connectivity index (χ4n) is 2.06. The molecule has 1 rings (SSSR count). The second kappa shape index (κ2) is 7.12. The maximum atomic E-state index is 11.9. The van der Waals surface area contributed by atoms with Crippen LogP contribution < -0.4 is 4.74 Å². The summed E-state index contributed by atoms with van der Waals surface area (Å²) in [7, 11) is 3.49. The molecule has 106 valence electrons. The van der Waals surface area contributed by atoms with Crippen molar-refractivity contribution in [3.8, 4) is 5.75 Å². The number of hydrogen-bond donors (Lipinski definition) is 0. The largest absolute Gasteiger partial charge is 0.496 e. The zero-order valence-electron chi connectivity index (χ0n) is 12.6. The monoisotopic (exact) mass is 264 g/mol. The number of hydrogen-bond acceptors (Lipinski definition) is 3. The molecule has 0 unspecified atom stereocenters. The highest BCUT2D eigenvalue weighted by Crippen LogP contribution is 2.24. The number of rotatable bonds is 6. The van der Waals surface area contributed by atoms with E-state index in [1.165, 1.54) is 0 Å². The molecule has 0 spiro atoms. The number of nitrogens with zero attached hydrogens (tertiary/aromatic N) is 2. The first kappa shape index (κ1) is 15.5. The van der Waals surface area contributed by atoms with Gasteiger partial charge in [0.1, 0.15) is 5.75 Å². The van der Waals surface area contributed by atoms with E-state index in [1.807, 2.05) is 20.9 Å². The Bertz CT molecular complexity index is 444. The molecule has 0 saturated heterocycles. The van der Waals surface area contributed by atoms with Gasteiger partial charge in [0, 0.05) is 30.8 Å². The summed E-state index contributed by atoms with van der Waals surface area (Å²) in [5.74, 6) is 1.03. The second-order valence-electron chi connectivity index (χ2n) is 4.90. The molecule has 0 radical (unpaired) electrons. The van der Waals surface area contributed by atoms with Gasteiger partial charge in [-0.1, -0.05) is 13.3 Å². The summed E-state index contributed by atoms with van der Waals surface area (Å²) in [6.07, 6.45) is 4.38. The number of aromatic nitrogens is 1. The first-order valence-corrected chi connectivity index (χ1v) is 6.74. The van der Waals surface area contributed by atoms with E-state index in [9.17, 15) is 4.79 Å². The Labute approximate surface area is 115 Å². The van der Waals surface area contributed by atoms with E-state index in [1.54, 1.807) is 18.2 Å². The van der Waals surface area contributed by atoms with Gasteiger partial charge in [0.2, 0.25) is 5.91 Å². The van der Waals surface area contributed by atoms with Crippen LogP contribution in [0.3, 0.4) is 0 Å². The van der Waals surface area contributed by atoms with Gasteiger partial charge in [-0.25, -0.2) is 0 Å². The Morgan fingerprint density at radius 1 is 1.42 bits per heavy atom. The lowest BCUT2D eigenvalue weighted by atomic mass is 10.1. The first-order chi connectivity index (χ1) is 9.01. The first-order valence-electron chi connectivity index (χ1n) is 6.74. The maximum Gasteiger partial charge on any atom is 0.222 e. The van der Waals surface area contributed by atoms with Crippen molar-refractivity contribution in [1.29, 1.82) is 0 Å². The van der Waals surface area contributed by atoms with Crippen LogP contribution in [-0.2, 0) is 11.3 Å². The third-order valence-electron chi connectivity index (χ3n) is 3.31. The van der Waals surface area contributed by atoms with Crippen molar-refractivity contribution in [2.45, 2.75) is 46.6 Å². The van der Waals surface area contributed by atoms with Gasteiger partial charge in [-0.05, 0) is 20.3 Å². The van der Waals surface area contributed by atoms with Gasteiger partial charge < -0.3 is 9.64 Å². The molecule has 1 heterocycles. The van der Waals surface area contributed by atoms with Gasteiger partial charge >= 0.3 is 0 Å². The van der Waals surface area contributed by atoms with Crippen molar-refractivity contribution >= 4 is 5.91 Å². The van der Waals surface area contributed by atoms with Gasteiger partial charge in [-0.3, -0.25) is 9.78 Å². The molecule has 0 saturated carbocycles. The maximum absolute atomic E-state index is 11.9. The Morgan fingerprint density at radius 3 is 2.68 bits per heavy atom. The van der Waals surface area contributed by atoms with Crippen LogP contribution in [0.1, 0.15) is 43.0 Å². The lowest BCUT2D eigenvalue weighted by molar-refractivity contribution is -0.130. The third-order valence-corrected chi connectivity index (χ3v) is 3.31. The summed E-state index contributed by atoms with van der Waals surface area (Å²) in [5, 5.41) is 0. The average molecular weight is 264 g/mol. The molecule has 0 aliphatic rings. The molecular formula is C15H24N2O2. The Morgan fingerprint density at radius 2 is 2.11 bits per heavy atom. The molecule has 0 aromatic carbocycles. The molecule has 0 bridgehead atoms. The van der Waals surface area contributed by atoms with Crippen LogP contribution in [-0.4, -0.2) is 29.9 Å². The summed E-state index contributed by atoms with van der Waals surface area (Å²) < 4.78 is 5.38. The van der Waals surface area contributed by atoms with E-state index < -0.39 is 0 Å². The normalized spacial score (nSPS) is 10.4. The van der Waals surface area contributed by atoms with Crippen molar-refractivity contribution < 1.29 is 9.53 Å². The van der Waals surface area contributed by atoms with Crippen molar-refractivity contribution in [2.75, 3.05) is 14.2 Å². The topological polar surface area (TPSA) is 42.4 Å². The van der Waals surface area contributed by atoms with Crippen LogP contribution in [0, 0.1) is 13.8 Å². The number of ether oxygens (including phenoxy) is 1. The SMILES string of the molecule is CCCCC(=O)N(C)Cc1ncc(C)c(OC)c1C. The zero-order chi connectivity index (χ0) is 14.4. The predicted molar refractivity (Wildman–Crippen MR) is 76.3 cm³/mol. The number of methoxy groups -OCH3 is 1. The minimum atomic E-state index is 0.169. The Balaban J connectivity index is 2.79. The van der Waals surface area contributed by atoms with E-state index in [2.05, 4.69) is 11.9 Å². The van der Waals surface area contributed by atoms with Crippen LogP contribution in [0.15, 0.2) is 6.20 Å². The molecule has 0 atom stereocenters. The highest BCUT2D eigenvalue weighted by molar-refractivity contribution is 5.75. The Hall–Kier alpha value is -1.58. The van der Waals surface area contributed by atoms with Crippen LogP contribution >= 0.6 is 0 Å². The van der Waals surface area contributed by atoms with Crippen LogP contribution in [0.4, 0.5) is 0 Å². The number of unbranched alkanes of at least 4 members (excludes halogenated alkanes) is 1. The minimum absolute atomic E-state index is 0.169. The van der Waals surface area contributed by atoms with Crippen molar-refractivity contribution in [2.24, 2.45) is 0 Å². The number of carbonyl (C=O) groups is 1. The number of aryl methyl sites for hydroxylation is 1. The Kier molecular flexibility index (Phi) is 5.80. The second-order valence-corrected chi connectivity index (χ2v) is 4.90. The van der Waals surface area contributed by atoms with Crippen molar-refractivity contribution in [3.63, 3.8) is 0 Å². The molecule has 4 heteroatoms. The number of pyridine rings is 1. The van der Waals surface area contributed by atoms with Crippen LogP contribution in [0.5, 0.6) is 5.75 Å². The molecular weight excluding hydrogens is 240 g/mol. The third kappa shape index (κ3) is 3.94. The lowest BCUT2D eigenvalue weighted by Crippen LogP contribution is -2.26. The number of amides is 1. The molecule has 19 heavy (non-hydrogen) atoms. The van der Waals surface area contributed by atoms with Gasteiger partial charge in [-0.2, -0.15) is 0 Å². The molecule has 0 aliphatic carbocycles. The van der Waals surface area contributed by atoms with Gasteiger partial charge in [0.05, 0.1) is 19.3 Å². The van der Waals surface area contributed by atoms with E-state index in [0.717, 1.165) is 35.4 Å². The van der Waals surface area contributed by atoms with Crippen LogP contribution in [0.25, 0.3) is 0 Å². The fourth-order valence-corrected chi connectivity index (χ4v) is 2.06. The summed E-state index contributed by atoms with van der Waals surface area (Å²) in [4.78, 5) is 18.1. The van der Waals surface area contributed by atoms with Gasteiger partial charge in [-0.15, -0.1) is 0 Å². The van der Waals surface area contributed by atoms with Crippen molar-refractivity contribution in [3.05, 3.63) is 23.0 Å². The summed E-state index contributed by atoms with van der Waals surface area (Å²) in [6.45, 7) is 6.58. The average Bonchev–Trinajstić information content (AvgIpc) is 2.39. The molecule has 4 nitrogen and oxygen atoms in total. The zero-order valence-corrected chi connectivity index (χ0v) is 12.6. The van der Waals surface area contributed by atoms with Crippen LogP contribution in [0.2, 0.25) is 0 Å². The number of carbonyl (C=O) groups excluding carboxylic acids is 1. The smallest absolute Gasteiger partial charge is 0.222 e. The standard InChI is InChI=1S/C15H24N2O2/c1-6-7-8-14(18)17(4)10-13-12(3)15(19-5)11(2)9-16-13/h9H,6-8,10H2,1-5H3. The van der Waals surface area contributed by atoms with E-state index in [4.69, 9.17) is 4.74 Å². The summed E-state index contributed by atoms with van der Waals surface area (Å²) >= 11 is 0. The molecule has 1 aromatic heterocycles. The van der Waals surface area contributed by atoms with E-state index in [0.29, 0.717) is 13.0 Å². The van der Waals surface area contributed by atoms with Gasteiger partial charge in [0.15, 0.2) is 0 Å². The minimum Gasteiger partial charge on any atom is -0.496 e. The highest BCUT2D eigenvalue weighted by Gasteiger charge is 2.14. The van der Waals surface area contributed by atoms with Crippen molar-refractivity contribution in [1.82, 2.24) is 9.88 Å². The molecule has 1 amide bonds. The molecule has 0 fully saturated rings. The molecule has 0 N–H and O–H groups in total. The molecule has 0 aliphatic heterocycles. The molecule has 1 aromatic rings. The summed E-state index contributed by atoms with van der Waals surface area (Å²) in [5.41, 5.74) is 2.93. The van der Waals surface area contributed by atoms with Gasteiger partial charge in [0.25, 0.3) is 0 Å². The lowest BCUT2D eigenvalue weighted by Gasteiger charge is -2.19. The quantitative estimate of drug-likeness (QED) is 0.793. The summed E-state index contributed by atoms with van der Waals surface area (Å²) in [6, 6.07) is 0. The predicted octanol–water partition coefficient (Wildman–Crippen LogP) is 2.86.